The minimum atomic E-state index is -0.125. The topological polar surface area (TPSA) is 50.7 Å². The van der Waals surface area contributed by atoms with Crippen LogP contribution in [-0.4, -0.2) is 33.0 Å². The largest absolute Gasteiger partial charge is 0.496 e. The molecule has 0 aromatic heterocycles. The fraction of sp³-hybridized carbons (Fsp3) is 0.500. The molecular formula is C12H19NO3. The molecule has 0 aliphatic carbocycles. The SMILES string of the molecule is CNC(CO)c1ccc(OC)c(C)c1OC. The molecule has 1 rings (SSSR count). The number of ether oxygens (including phenoxy) is 2. The Labute approximate surface area is 96.2 Å². The van der Waals surface area contributed by atoms with E-state index in [1.54, 1.807) is 21.3 Å². The Morgan fingerprint density at radius 3 is 2.44 bits per heavy atom. The number of nitrogens with one attached hydrogen (secondary N) is 1. The lowest BCUT2D eigenvalue weighted by molar-refractivity contribution is 0.247. The summed E-state index contributed by atoms with van der Waals surface area (Å²) in [6.07, 6.45) is 0. The Kier molecular flexibility index (Phi) is 4.58. The molecule has 4 nitrogen and oxygen atoms in total. The van der Waals surface area contributed by atoms with E-state index in [9.17, 15) is 5.11 Å². The molecule has 0 fully saturated rings. The van der Waals surface area contributed by atoms with Gasteiger partial charge in [0.1, 0.15) is 11.5 Å². The second kappa shape index (κ2) is 5.72. The van der Waals surface area contributed by atoms with E-state index in [4.69, 9.17) is 9.47 Å². The Morgan fingerprint density at radius 2 is 2.00 bits per heavy atom. The predicted octanol–water partition coefficient (Wildman–Crippen LogP) is 1.27. The number of hydrogen-bond donors (Lipinski definition) is 2. The van der Waals surface area contributed by atoms with E-state index >= 15 is 0 Å². The van der Waals surface area contributed by atoms with Gasteiger partial charge >= 0.3 is 0 Å². The number of aliphatic hydroxyl groups excluding tert-OH is 1. The van der Waals surface area contributed by atoms with E-state index in [1.807, 2.05) is 19.1 Å². The van der Waals surface area contributed by atoms with Crippen LogP contribution in [0, 0.1) is 6.92 Å². The van der Waals surface area contributed by atoms with E-state index < -0.39 is 0 Å². The Hall–Kier alpha value is -1.26. The monoisotopic (exact) mass is 225 g/mol. The first-order valence-electron chi connectivity index (χ1n) is 5.19. The lowest BCUT2D eigenvalue weighted by atomic mass is 10.0. The van der Waals surface area contributed by atoms with Crippen molar-refractivity contribution < 1.29 is 14.6 Å². The molecule has 0 radical (unpaired) electrons. The fourth-order valence-corrected chi connectivity index (χ4v) is 1.81. The van der Waals surface area contributed by atoms with Crippen LogP contribution in [0.1, 0.15) is 17.2 Å². The highest BCUT2D eigenvalue weighted by atomic mass is 16.5. The molecule has 0 saturated heterocycles. The molecule has 1 aromatic carbocycles. The molecule has 90 valence electrons. The molecule has 2 N–H and O–H groups in total. The first kappa shape index (κ1) is 12.8. The van der Waals surface area contributed by atoms with Gasteiger partial charge in [0, 0.05) is 11.1 Å². The van der Waals surface area contributed by atoms with E-state index in [0.717, 1.165) is 22.6 Å². The normalized spacial score (nSPS) is 12.3. The van der Waals surface area contributed by atoms with Crippen LogP contribution >= 0.6 is 0 Å². The molecule has 16 heavy (non-hydrogen) atoms. The molecule has 4 heteroatoms. The molecule has 0 aliphatic heterocycles. The molecule has 0 bridgehead atoms. The van der Waals surface area contributed by atoms with Crippen molar-refractivity contribution in [2.45, 2.75) is 13.0 Å². The van der Waals surface area contributed by atoms with Gasteiger partial charge in [0.05, 0.1) is 26.9 Å². The number of aliphatic hydroxyl groups is 1. The molecule has 1 unspecified atom stereocenters. The standard InChI is InChI=1S/C12H19NO3/c1-8-11(15-3)6-5-9(12(8)16-4)10(7-14)13-2/h5-6,10,13-14H,7H2,1-4H3. The average Bonchev–Trinajstić information content (AvgIpc) is 2.31. The van der Waals surface area contributed by atoms with Gasteiger partial charge in [-0.25, -0.2) is 0 Å². The van der Waals surface area contributed by atoms with Crippen LogP contribution in [-0.2, 0) is 0 Å². The zero-order valence-electron chi connectivity index (χ0n) is 10.2. The second-order valence-corrected chi connectivity index (χ2v) is 3.54. The van der Waals surface area contributed by atoms with Crippen molar-refractivity contribution in [1.29, 1.82) is 0 Å². The average molecular weight is 225 g/mol. The highest BCUT2D eigenvalue weighted by Gasteiger charge is 2.17. The van der Waals surface area contributed by atoms with Crippen LogP contribution < -0.4 is 14.8 Å². The molecule has 0 saturated carbocycles. The maximum absolute atomic E-state index is 9.27. The summed E-state index contributed by atoms with van der Waals surface area (Å²) in [6.45, 7) is 1.96. The number of hydrogen-bond acceptors (Lipinski definition) is 4. The van der Waals surface area contributed by atoms with Gasteiger partial charge in [-0.2, -0.15) is 0 Å². The molecule has 1 aromatic rings. The van der Waals surface area contributed by atoms with Gasteiger partial charge in [0.2, 0.25) is 0 Å². The summed E-state index contributed by atoms with van der Waals surface area (Å²) < 4.78 is 10.6. The Morgan fingerprint density at radius 1 is 1.31 bits per heavy atom. The summed E-state index contributed by atoms with van der Waals surface area (Å²) in [4.78, 5) is 0. The highest BCUT2D eigenvalue weighted by molar-refractivity contribution is 5.50. The highest BCUT2D eigenvalue weighted by Crippen LogP contribution is 2.34. The van der Waals surface area contributed by atoms with Crippen molar-refractivity contribution in [2.24, 2.45) is 0 Å². The van der Waals surface area contributed by atoms with Gasteiger partial charge in [-0.1, -0.05) is 0 Å². The number of likely N-dealkylation sites (N-methyl/N-ethyl adjacent to an activating group) is 1. The summed E-state index contributed by atoms with van der Waals surface area (Å²) >= 11 is 0. The predicted molar refractivity (Wildman–Crippen MR) is 63.2 cm³/mol. The molecule has 0 heterocycles. The van der Waals surface area contributed by atoms with Crippen molar-refractivity contribution >= 4 is 0 Å². The fourth-order valence-electron chi connectivity index (χ4n) is 1.81. The van der Waals surface area contributed by atoms with Crippen LogP contribution in [0.4, 0.5) is 0 Å². The lowest BCUT2D eigenvalue weighted by Crippen LogP contribution is -2.21. The molecule has 0 aliphatic rings. The van der Waals surface area contributed by atoms with E-state index in [0.29, 0.717) is 0 Å². The van der Waals surface area contributed by atoms with Crippen LogP contribution in [0.15, 0.2) is 12.1 Å². The number of benzene rings is 1. The smallest absolute Gasteiger partial charge is 0.130 e. The van der Waals surface area contributed by atoms with Crippen LogP contribution in [0.5, 0.6) is 11.5 Å². The van der Waals surface area contributed by atoms with Gasteiger partial charge in [-0.15, -0.1) is 0 Å². The zero-order valence-corrected chi connectivity index (χ0v) is 10.2. The Bertz CT molecular complexity index is 348. The van der Waals surface area contributed by atoms with Crippen LogP contribution in [0.3, 0.4) is 0 Å². The molecule has 1 atom stereocenters. The van der Waals surface area contributed by atoms with Crippen LogP contribution in [0.25, 0.3) is 0 Å². The van der Waals surface area contributed by atoms with Crippen molar-refractivity contribution in [3.8, 4) is 11.5 Å². The summed E-state index contributed by atoms with van der Waals surface area (Å²) in [6, 6.07) is 3.66. The lowest BCUT2D eigenvalue weighted by Gasteiger charge is -2.20. The first-order chi connectivity index (χ1) is 7.69. The second-order valence-electron chi connectivity index (χ2n) is 3.54. The summed E-state index contributed by atoms with van der Waals surface area (Å²) in [5.41, 5.74) is 1.88. The van der Waals surface area contributed by atoms with Gasteiger partial charge in [-0.05, 0) is 26.1 Å². The van der Waals surface area contributed by atoms with Crippen LogP contribution in [0.2, 0.25) is 0 Å². The zero-order chi connectivity index (χ0) is 12.1. The number of rotatable bonds is 5. The third-order valence-corrected chi connectivity index (χ3v) is 2.72. The van der Waals surface area contributed by atoms with Gasteiger partial charge in [0.15, 0.2) is 0 Å². The minimum absolute atomic E-state index is 0.0264. The molecule has 0 spiro atoms. The number of methoxy groups -OCH3 is 2. The third kappa shape index (κ3) is 2.28. The van der Waals surface area contributed by atoms with E-state index in [1.165, 1.54) is 0 Å². The van der Waals surface area contributed by atoms with Gasteiger partial charge < -0.3 is 19.9 Å². The maximum Gasteiger partial charge on any atom is 0.130 e. The first-order valence-corrected chi connectivity index (χ1v) is 5.19. The van der Waals surface area contributed by atoms with Crippen molar-refractivity contribution in [1.82, 2.24) is 5.32 Å². The minimum Gasteiger partial charge on any atom is -0.496 e. The summed E-state index contributed by atoms with van der Waals surface area (Å²) in [5, 5.41) is 12.3. The van der Waals surface area contributed by atoms with Crippen molar-refractivity contribution in [2.75, 3.05) is 27.9 Å². The van der Waals surface area contributed by atoms with E-state index in [-0.39, 0.29) is 12.6 Å². The quantitative estimate of drug-likeness (QED) is 0.792. The Balaban J connectivity index is 3.24. The third-order valence-electron chi connectivity index (χ3n) is 2.72. The summed E-state index contributed by atoms with van der Waals surface area (Å²) in [7, 11) is 5.05. The van der Waals surface area contributed by atoms with Crippen molar-refractivity contribution in [3.63, 3.8) is 0 Å². The van der Waals surface area contributed by atoms with E-state index in [2.05, 4.69) is 5.32 Å². The maximum atomic E-state index is 9.27. The van der Waals surface area contributed by atoms with Gasteiger partial charge in [0.25, 0.3) is 0 Å². The molecule has 0 amide bonds. The summed E-state index contributed by atoms with van der Waals surface area (Å²) in [5.74, 6) is 1.54. The van der Waals surface area contributed by atoms with Crippen molar-refractivity contribution in [3.05, 3.63) is 23.3 Å². The molecular weight excluding hydrogens is 206 g/mol. The van der Waals surface area contributed by atoms with Gasteiger partial charge in [-0.3, -0.25) is 0 Å².